The summed E-state index contributed by atoms with van der Waals surface area (Å²) in [5.41, 5.74) is 1.83. The van der Waals surface area contributed by atoms with Crippen LogP contribution >= 0.6 is 23.1 Å². The number of aromatic nitrogens is 3. The number of hydrogen-bond acceptors (Lipinski definition) is 8. The van der Waals surface area contributed by atoms with E-state index in [4.69, 9.17) is 9.47 Å². The van der Waals surface area contributed by atoms with Gasteiger partial charge in [-0.05, 0) is 17.7 Å². The number of benzene rings is 1. The van der Waals surface area contributed by atoms with Crippen LogP contribution in [0.3, 0.4) is 0 Å². The molecule has 1 aromatic carbocycles. The molecule has 8 nitrogen and oxygen atoms in total. The van der Waals surface area contributed by atoms with Crippen molar-refractivity contribution >= 4 is 40.0 Å². The molecule has 1 N–H and O–H groups in total. The van der Waals surface area contributed by atoms with Crippen molar-refractivity contribution in [2.24, 2.45) is 0 Å². The Morgan fingerprint density at radius 2 is 2.00 bits per heavy atom. The molecule has 0 aliphatic rings. The number of thioether (sulfide) groups is 1. The standard InChI is InChI=1S/C22H24N4O4S2/c1-5-11-26-17(6-2)24-25-22(26)32-13-18(27)23-20-19(21(28)30-4)16(12-31-20)14-7-9-15(29-3)10-8-14/h5,7-10,12H,1,6,11,13H2,2-4H3,(H,23,27). The lowest BCUT2D eigenvalue weighted by molar-refractivity contribution is -0.113. The number of nitrogens with zero attached hydrogens (tertiary/aromatic N) is 3. The number of methoxy groups -OCH3 is 2. The van der Waals surface area contributed by atoms with E-state index in [9.17, 15) is 9.59 Å². The van der Waals surface area contributed by atoms with Gasteiger partial charge in [0.15, 0.2) is 5.16 Å². The van der Waals surface area contributed by atoms with Crippen molar-refractivity contribution in [3.05, 3.63) is 53.7 Å². The molecule has 2 heterocycles. The molecule has 3 rings (SSSR count). The van der Waals surface area contributed by atoms with Crippen molar-refractivity contribution < 1.29 is 19.1 Å². The van der Waals surface area contributed by atoms with E-state index in [0.717, 1.165) is 17.8 Å². The molecule has 0 atom stereocenters. The number of esters is 1. The fourth-order valence-corrected chi connectivity index (χ4v) is 4.77. The third kappa shape index (κ3) is 5.20. The molecule has 2 aromatic heterocycles. The zero-order valence-corrected chi connectivity index (χ0v) is 19.7. The second-order valence-corrected chi connectivity index (χ2v) is 8.38. The van der Waals surface area contributed by atoms with Crippen LogP contribution in [0.4, 0.5) is 5.00 Å². The van der Waals surface area contributed by atoms with Crippen molar-refractivity contribution in [3.8, 4) is 16.9 Å². The SMILES string of the molecule is C=CCn1c(CC)nnc1SCC(=O)Nc1scc(-c2ccc(OC)cc2)c1C(=O)OC. The minimum atomic E-state index is -0.515. The number of hydrogen-bond donors (Lipinski definition) is 1. The lowest BCUT2D eigenvalue weighted by atomic mass is 10.0. The molecule has 0 fully saturated rings. The number of rotatable bonds is 10. The van der Waals surface area contributed by atoms with Crippen LogP contribution in [-0.2, 0) is 22.5 Å². The highest BCUT2D eigenvalue weighted by molar-refractivity contribution is 7.99. The van der Waals surface area contributed by atoms with Crippen LogP contribution in [0.15, 0.2) is 47.5 Å². The van der Waals surface area contributed by atoms with Crippen LogP contribution in [0.25, 0.3) is 11.1 Å². The van der Waals surface area contributed by atoms with E-state index in [1.165, 1.54) is 30.2 Å². The summed E-state index contributed by atoms with van der Waals surface area (Å²) in [5.74, 6) is 0.899. The first kappa shape index (κ1) is 23.6. The Kier molecular flexibility index (Phi) is 8.07. The summed E-state index contributed by atoms with van der Waals surface area (Å²) < 4.78 is 12.1. The molecule has 1 amide bonds. The Balaban J connectivity index is 1.77. The third-order valence-electron chi connectivity index (χ3n) is 4.59. The molecule has 0 aliphatic heterocycles. The predicted molar refractivity (Wildman–Crippen MR) is 127 cm³/mol. The second kappa shape index (κ2) is 11.0. The first-order valence-electron chi connectivity index (χ1n) is 9.82. The fourth-order valence-electron chi connectivity index (χ4n) is 3.03. The van der Waals surface area contributed by atoms with E-state index < -0.39 is 5.97 Å². The fraction of sp³-hybridized carbons (Fsp3) is 0.273. The number of carbonyl (C=O) groups excluding carboxylic acids is 2. The van der Waals surface area contributed by atoms with Crippen LogP contribution in [0.2, 0.25) is 0 Å². The van der Waals surface area contributed by atoms with Crippen LogP contribution in [-0.4, -0.2) is 46.6 Å². The van der Waals surface area contributed by atoms with Crippen LogP contribution in [0.1, 0.15) is 23.1 Å². The van der Waals surface area contributed by atoms with Crippen LogP contribution in [0, 0.1) is 0 Å². The molecule has 168 valence electrons. The molecule has 0 spiro atoms. The maximum Gasteiger partial charge on any atom is 0.341 e. The number of anilines is 1. The molecule has 0 aliphatic carbocycles. The third-order valence-corrected chi connectivity index (χ3v) is 6.45. The van der Waals surface area contributed by atoms with Gasteiger partial charge in [-0.15, -0.1) is 28.1 Å². The Morgan fingerprint density at radius 3 is 2.62 bits per heavy atom. The number of amides is 1. The quantitative estimate of drug-likeness (QED) is 0.267. The van der Waals surface area contributed by atoms with Gasteiger partial charge in [-0.3, -0.25) is 4.79 Å². The van der Waals surface area contributed by atoms with Gasteiger partial charge in [0, 0.05) is 23.9 Å². The van der Waals surface area contributed by atoms with E-state index in [1.807, 2.05) is 41.1 Å². The molecule has 0 bridgehead atoms. The predicted octanol–water partition coefficient (Wildman–Crippen LogP) is 4.28. The van der Waals surface area contributed by atoms with Crippen molar-refractivity contribution in [2.75, 3.05) is 25.3 Å². The minimum Gasteiger partial charge on any atom is -0.497 e. The molecular formula is C22H24N4O4S2. The lowest BCUT2D eigenvalue weighted by Crippen LogP contribution is -2.16. The van der Waals surface area contributed by atoms with Gasteiger partial charge in [-0.1, -0.05) is 36.9 Å². The van der Waals surface area contributed by atoms with Gasteiger partial charge in [-0.25, -0.2) is 4.79 Å². The monoisotopic (exact) mass is 472 g/mol. The molecular weight excluding hydrogens is 448 g/mol. The summed E-state index contributed by atoms with van der Waals surface area (Å²) in [6.45, 7) is 6.33. The van der Waals surface area contributed by atoms with E-state index in [2.05, 4.69) is 22.1 Å². The van der Waals surface area contributed by atoms with Gasteiger partial charge in [0.25, 0.3) is 0 Å². The van der Waals surface area contributed by atoms with E-state index in [-0.39, 0.29) is 11.7 Å². The Bertz CT molecular complexity index is 1110. The van der Waals surface area contributed by atoms with Gasteiger partial charge in [-0.2, -0.15) is 0 Å². The molecule has 32 heavy (non-hydrogen) atoms. The summed E-state index contributed by atoms with van der Waals surface area (Å²) in [5, 5.41) is 14.1. The molecule has 10 heteroatoms. The minimum absolute atomic E-state index is 0.120. The molecule has 0 unspecified atom stereocenters. The largest absolute Gasteiger partial charge is 0.497 e. The number of allylic oxidation sites excluding steroid dienone is 1. The lowest BCUT2D eigenvalue weighted by Gasteiger charge is -2.09. The van der Waals surface area contributed by atoms with Gasteiger partial charge in [0.05, 0.1) is 20.0 Å². The van der Waals surface area contributed by atoms with Gasteiger partial charge < -0.3 is 19.4 Å². The summed E-state index contributed by atoms with van der Waals surface area (Å²) in [6.07, 6.45) is 2.50. The van der Waals surface area contributed by atoms with Crippen molar-refractivity contribution in [3.63, 3.8) is 0 Å². The summed E-state index contributed by atoms with van der Waals surface area (Å²) >= 11 is 2.56. The molecule has 0 radical (unpaired) electrons. The normalized spacial score (nSPS) is 10.6. The molecule has 3 aromatic rings. The number of ether oxygens (including phenoxy) is 2. The van der Waals surface area contributed by atoms with Crippen molar-refractivity contribution in [1.29, 1.82) is 0 Å². The van der Waals surface area contributed by atoms with Gasteiger partial charge in [0.1, 0.15) is 22.1 Å². The number of nitrogens with one attached hydrogen (secondary N) is 1. The summed E-state index contributed by atoms with van der Waals surface area (Å²) in [7, 11) is 2.91. The maximum absolute atomic E-state index is 12.7. The summed E-state index contributed by atoms with van der Waals surface area (Å²) in [4.78, 5) is 25.2. The van der Waals surface area contributed by atoms with E-state index in [1.54, 1.807) is 13.2 Å². The topological polar surface area (TPSA) is 95.3 Å². The Hall–Kier alpha value is -3.11. The van der Waals surface area contributed by atoms with Gasteiger partial charge >= 0.3 is 5.97 Å². The summed E-state index contributed by atoms with van der Waals surface area (Å²) in [6, 6.07) is 7.33. The average Bonchev–Trinajstić information content (AvgIpc) is 3.41. The first-order chi connectivity index (χ1) is 15.5. The van der Waals surface area contributed by atoms with Crippen LogP contribution in [0.5, 0.6) is 5.75 Å². The zero-order valence-electron chi connectivity index (χ0n) is 18.1. The van der Waals surface area contributed by atoms with Gasteiger partial charge in [0.2, 0.25) is 5.91 Å². The highest BCUT2D eigenvalue weighted by Gasteiger charge is 2.23. The van der Waals surface area contributed by atoms with E-state index in [0.29, 0.717) is 33.6 Å². The van der Waals surface area contributed by atoms with E-state index >= 15 is 0 Å². The zero-order chi connectivity index (χ0) is 23.1. The number of aryl methyl sites for hydroxylation is 1. The highest BCUT2D eigenvalue weighted by Crippen LogP contribution is 2.37. The Labute approximate surface area is 194 Å². The number of carbonyl (C=O) groups is 2. The smallest absolute Gasteiger partial charge is 0.341 e. The average molecular weight is 473 g/mol. The highest BCUT2D eigenvalue weighted by atomic mass is 32.2. The van der Waals surface area contributed by atoms with Crippen molar-refractivity contribution in [2.45, 2.75) is 25.0 Å². The molecule has 0 saturated heterocycles. The first-order valence-corrected chi connectivity index (χ1v) is 11.7. The Morgan fingerprint density at radius 1 is 1.25 bits per heavy atom. The maximum atomic E-state index is 12.7. The number of thiophene rings is 1. The second-order valence-electron chi connectivity index (χ2n) is 6.56. The van der Waals surface area contributed by atoms with Crippen LogP contribution < -0.4 is 10.1 Å². The molecule has 0 saturated carbocycles. The van der Waals surface area contributed by atoms with Crippen molar-refractivity contribution in [1.82, 2.24) is 14.8 Å².